The van der Waals surface area contributed by atoms with Gasteiger partial charge in [-0.15, -0.1) is 0 Å². The zero-order valence-electron chi connectivity index (χ0n) is 13.3. The third kappa shape index (κ3) is 4.59. The zero-order chi connectivity index (χ0) is 15.2. The molecule has 2 saturated heterocycles. The lowest BCUT2D eigenvalue weighted by atomic mass is 10.1. The fourth-order valence-electron chi connectivity index (χ4n) is 3.04. The monoisotopic (exact) mass is 296 g/mol. The van der Waals surface area contributed by atoms with Gasteiger partial charge in [0.2, 0.25) is 5.91 Å². The van der Waals surface area contributed by atoms with E-state index >= 15 is 0 Å². The van der Waals surface area contributed by atoms with Crippen LogP contribution in [0, 0.1) is 0 Å². The van der Waals surface area contributed by atoms with Crippen molar-refractivity contribution >= 4 is 11.9 Å². The molecule has 2 aliphatic heterocycles. The molecule has 120 valence electrons. The highest BCUT2D eigenvalue weighted by Gasteiger charge is 2.24. The fraction of sp³-hybridized carbons (Fsp3) is 0.867. The summed E-state index contributed by atoms with van der Waals surface area (Å²) in [6.45, 7) is 3.80. The molecule has 0 aromatic heterocycles. The molecular weight excluding hydrogens is 268 g/mol. The Kier molecular flexibility index (Phi) is 5.85. The van der Waals surface area contributed by atoms with Gasteiger partial charge in [0.05, 0.1) is 6.54 Å². The number of rotatable bonds is 3. The third-order valence-corrected chi connectivity index (χ3v) is 4.40. The maximum absolute atomic E-state index is 12.1. The lowest BCUT2D eigenvalue weighted by Gasteiger charge is -2.34. The van der Waals surface area contributed by atoms with E-state index in [4.69, 9.17) is 0 Å². The molecule has 6 nitrogen and oxygen atoms in total. The van der Waals surface area contributed by atoms with Crippen molar-refractivity contribution in [3.63, 3.8) is 0 Å². The molecule has 1 N–H and O–H groups in total. The predicted molar refractivity (Wildman–Crippen MR) is 82.1 cm³/mol. The summed E-state index contributed by atoms with van der Waals surface area (Å²) < 4.78 is 0. The molecule has 2 heterocycles. The number of nitrogens with one attached hydrogen (secondary N) is 1. The van der Waals surface area contributed by atoms with Gasteiger partial charge in [-0.2, -0.15) is 0 Å². The third-order valence-electron chi connectivity index (χ3n) is 4.40. The number of piperidine rings is 2. The van der Waals surface area contributed by atoms with Crippen molar-refractivity contribution in [1.82, 2.24) is 20.0 Å². The molecule has 21 heavy (non-hydrogen) atoms. The lowest BCUT2D eigenvalue weighted by Crippen LogP contribution is -2.50. The summed E-state index contributed by atoms with van der Waals surface area (Å²) in [4.78, 5) is 29.4. The van der Waals surface area contributed by atoms with Gasteiger partial charge in [-0.25, -0.2) is 4.79 Å². The van der Waals surface area contributed by atoms with Crippen molar-refractivity contribution in [1.29, 1.82) is 0 Å². The number of nitrogens with zero attached hydrogens (tertiary/aromatic N) is 3. The SMILES string of the molecule is CN(C)C(=O)N1CCC(NCC(=O)N2CCCCC2)CC1. The van der Waals surface area contributed by atoms with E-state index < -0.39 is 0 Å². The van der Waals surface area contributed by atoms with Gasteiger partial charge in [0.15, 0.2) is 0 Å². The highest BCUT2D eigenvalue weighted by atomic mass is 16.2. The highest BCUT2D eigenvalue weighted by Crippen LogP contribution is 2.12. The molecule has 0 aliphatic carbocycles. The van der Waals surface area contributed by atoms with E-state index in [2.05, 4.69) is 5.32 Å². The summed E-state index contributed by atoms with van der Waals surface area (Å²) in [5, 5.41) is 3.36. The smallest absolute Gasteiger partial charge is 0.319 e. The van der Waals surface area contributed by atoms with Crippen molar-refractivity contribution in [2.75, 3.05) is 46.8 Å². The number of carbonyl (C=O) groups excluding carboxylic acids is 2. The lowest BCUT2D eigenvalue weighted by molar-refractivity contribution is -0.131. The van der Waals surface area contributed by atoms with Crippen LogP contribution < -0.4 is 5.32 Å². The topological polar surface area (TPSA) is 55.9 Å². The predicted octanol–water partition coefficient (Wildman–Crippen LogP) is 0.735. The Morgan fingerprint density at radius 3 is 2.19 bits per heavy atom. The molecule has 0 aromatic carbocycles. The number of likely N-dealkylation sites (tertiary alicyclic amines) is 2. The van der Waals surface area contributed by atoms with Crippen molar-refractivity contribution in [2.24, 2.45) is 0 Å². The van der Waals surface area contributed by atoms with E-state index in [-0.39, 0.29) is 11.9 Å². The Labute approximate surface area is 127 Å². The Balaban J connectivity index is 1.66. The number of urea groups is 1. The highest BCUT2D eigenvalue weighted by molar-refractivity contribution is 5.78. The first kappa shape index (κ1) is 16.1. The van der Waals surface area contributed by atoms with Crippen molar-refractivity contribution in [2.45, 2.75) is 38.1 Å². The van der Waals surface area contributed by atoms with Gasteiger partial charge < -0.3 is 20.0 Å². The molecule has 0 aromatic rings. The molecule has 0 saturated carbocycles. The molecule has 3 amide bonds. The van der Waals surface area contributed by atoms with Gasteiger partial charge >= 0.3 is 6.03 Å². The van der Waals surface area contributed by atoms with Gasteiger partial charge in [-0.1, -0.05) is 0 Å². The van der Waals surface area contributed by atoms with Crippen LogP contribution >= 0.6 is 0 Å². The molecule has 0 bridgehead atoms. The fourth-order valence-corrected chi connectivity index (χ4v) is 3.04. The van der Waals surface area contributed by atoms with Crippen LogP contribution in [0.3, 0.4) is 0 Å². The Morgan fingerprint density at radius 2 is 1.62 bits per heavy atom. The molecule has 0 unspecified atom stereocenters. The van der Waals surface area contributed by atoms with Crippen LogP contribution in [0.5, 0.6) is 0 Å². The van der Waals surface area contributed by atoms with Crippen LogP contribution in [0.2, 0.25) is 0 Å². The van der Waals surface area contributed by atoms with Crippen LogP contribution in [0.1, 0.15) is 32.1 Å². The van der Waals surface area contributed by atoms with Gasteiger partial charge in [0.1, 0.15) is 0 Å². The van der Waals surface area contributed by atoms with Crippen LogP contribution in [-0.4, -0.2) is 79.5 Å². The summed E-state index contributed by atoms with van der Waals surface area (Å²) in [6.07, 6.45) is 5.36. The first-order valence-corrected chi connectivity index (χ1v) is 8.05. The molecule has 0 radical (unpaired) electrons. The normalized spacial score (nSPS) is 20.5. The number of amides is 3. The minimum atomic E-state index is 0.0813. The second-order valence-corrected chi connectivity index (χ2v) is 6.26. The molecule has 2 rings (SSSR count). The molecule has 0 spiro atoms. The summed E-state index contributed by atoms with van der Waals surface area (Å²) in [6, 6.07) is 0.433. The van der Waals surface area contributed by atoms with E-state index in [1.807, 2.05) is 9.80 Å². The quantitative estimate of drug-likeness (QED) is 0.835. The summed E-state index contributed by atoms with van der Waals surface area (Å²) in [5.41, 5.74) is 0. The standard InChI is InChI=1S/C15H28N4O2/c1-17(2)15(21)19-10-6-13(7-11-19)16-12-14(20)18-8-4-3-5-9-18/h13,16H,3-12H2,1-2H3. The maximum atomic E-state index is 12.1. The van der Waals surface area contributed by atoms with Gasteiger partial charge in [0, 0.05) is 46.3 Å². The Morgan fingerprint density at radius 1 is 1.00 bits per heavy atom. The zero-order valence-corrected chi connectivity index (χ0v) is 13.3. The summed E-state index contributed by atoms with van der Waals surface area (Å²) in [7, 11) is 3.56. The molecular formula is C15H28N4O2. The van der Waals surface area contributed by atoms with Gasteiger partial charge in [-0.3, -0.25) is 4.79 Å². The van der Waals surface area contributed by atoms with Crippen LogP contribution in [0.4, 0.5) is 4.79 Å². The van der Waals surface area contributed by atoms with Crippen molar-refractivity contribution in [3.05, 3.63) is 0 Å². The number of hydrogen-bond donors (Lipinski definition) is 1. The molecule has 0 atom stereocenters. The van der Waals surface area contributed by atoms with Gasteiger partial charge in [-0.05, 0) is 32.1 Å². The molecule has 6 heteroatoms. The largest absolute Gasteiger partial charge is 0.342 e. The average Bonchev–Trinajstić information content (AvgIpc) is 2.53. The first-order valence-electron chi connectivity index (χ1n) is 8.05. The molecule has 2 aliphatic rings. The van der Waals surface area contributed by atoms with Gasteiger partial charge in [0.25, 0.3) is 0 Å². The van der Waals surface area contributed by atoms with Crippen molar-refractivity contribution in [3.8, 4) is 0 Å². The van der Waals surface area contributed by atoms with Crippen molar-refractivity contribution < 1.29 is 9.59 Å². The minimum Gasteiger partial charge on any atom is -0.342 e. The minimum absolute atomic E-state index is 0.0813. The second-order valence-electron chi connectivity index (χ2n) is 6.26. The first-order chi connectivity index (χ1) is 10.1. The van der Waals surface area contributed by atoms with E-state index in [0.29, 0.717) is 12.6 Å². The Bertz CT molecular complexity index is 359. The van der Waals surface area contributed by atoms with Crippen LogP contribution in [0.25, 0.3) is 0 Å². The maximum Gasteiger partial charge on any atom is 0.319 e. The second kappa shape index (κ2) is 7.64. The van der Waals surface area contributed by atoms with Crippen LogP contribution in [-0.2, 0) is 4.79 Å². The summed E-state index contributed by atoms with van der Waals surface area (Å²) >= 11 is 0. The van der Waals surface area contributed by atoms with E-state index in [9.17, 15) is 9.59 Å². The van der Waals surface area contributed by atoms with E-state index in [1.54, 1.807) is 19.0 Å². The summed E-state index contributed by atoms with van der Waals surface area (Å²) in [5.74, 6) is 0.224. The number of carbonyl (C=O) groups is 2. The van der Waals surface area contributed by atoms with E-state index in [1.165, 1.54) is 6.42 Å². The Hall–Kier alpha value is -1.30. The molecule has 2 fully saturated rings. The number of hydrogen-bond acceptors (Lipinski definition) is 3. The van der Waals surface area contributed by atoms with E-state index in [0.717, 1.165) is 51.9 Å². The average molecular weight is 296 g/mol. The van der Waals surface area contributed by atoms with Crippen LogP contribution in [0.15, 0.2) is 0 Å².